The second-order valence-electron chi connectivity index (χ2n) is 6.36. The van der Waals surface area contributed by atoms with Crippen LogP contribution in [-0.2, 0) is 14.3 Å². The number of anilines is 2. The molecular weight excluding hydrogens is 386 g/mol. The number of nitrogens with zero attached hydrogens (tertiary/aromatic N) is 1. The van der Waals surface area contributed by atoms with E-state index in [-0.39, 0.29) is 23.6 Å². The minimum atomic E-state index is -3.02. The first kappa shape index (κ1) is 20.2. The number of benzene rings is 2. The summed E-state index contributed by atoms with van der Waals surface area (Å²) in [5.74, 6) is -1.80. The summed E-state index contributed by atoms with van der Waals surface area (Å²) in [6.07, 6.45) is 0.0847. The minimum absolute atomic E-state index is 0.0305. The third-order valence-corrected chi connectivity index (χ3v) is 4.25. The van der Waals surface area contributed by atoms with E-state index in [1.807, 2.05) is 0 Å². The fourth-order valence-corrected chi connectivity index (χ4v) is 3.05. The van der Waals surface area contributed by atoms with Crippen LogP contribution >= 0.6 is 0 Å². The van der Waals surface area contributed by atoms with Crippen LogP contribution in [0, 0.1) is 0 Å². The molecule has 0 bridgehead atoms. The first-order valence-corrected chi connectivity index (χ1v) is 8.78. The number of para-hydroxylation sites is 2. The van der Waals surface area contributed by atoms with Crippen LogP contribution in [0.5, 0.6) is 5.75 Å². The number of ether oxygens (including phenoxy) is 2. The third kappa shape index (κ3) is 4.87. The quantitative estimate of drug-likeness (QED) is 0.774. The zero-order valence-electron chi connectivity index (χ0n) is 15.4. The van der Waals surface area contributed by atoms with Crippen LogP contribution < -0.4 is 15.0 Å². The van der Waals surface area contributed by atoms with Crippen LogP contribution in [0.25, 0.3) is 0 Å². The highest BCUT2D eigenvalue weighted by Crippen LogP contribution is 2.31. The Bertz CT molecular complexity index is 935. The highest BCUT2D eigenvalue weighted by Gasteiger charge is 2.30. The van der Waals surface area contributed by atoms with E-state index in [0.29, 0.717) is 11.4 Å². The zero-order valence-corrected chi connectivity index (χ0v) is 15.4. The van der Waals surface area contributed by atoms with Gasteiger partial charge in [-0.25, -0.2) is 4.79 Å². The van der Waals surface area contributed by atoms with Gasteiger partial charge in [-0.05, 0) is 37.3 Å². The molecule has 7 nitrogen and oxygen atoms in total. The van der Waals surface area contributed by atoms with Crippen molar-refractivity contribution in [1.29, 1.82) is 0 Å². The summed E-state index contributed by atoms with van der Waals surface area (Å²) in [6.45, 7) is -1.89. The van der Waals surface area contributed by atoms with Gasteiger partial charge in [-0.1, -0.05) is 18.2 Å². The normalized spacial score (nSPS) is 15.9. The van der Waals surface area contributed by atoms with Crippen LogP contribution in [0.3, 0.4) is 0 Å². The van der Waals surface area contributed by atoms with Crippen molar-refractivity contribution >= 4 is 29.2 Å². The molecule has 9 heteroatoms. The number of hydrogen-bond acceptors (Lipinski definition) is 5. The highest BCUT2D eigenvalue weighted by atomic mass is 19.3. The highest BCUT2D eigenvalue weighted by molar-refractivity contribution is 6.05. The SMILES string of the molecule is C[C@H]1CC(=O)Nc2ccccc2N1C(=O)COC(=O)c1cccc(OC(F)F)c1. The number of amides is 2. The smallest absolute Gasteiger partial charge is 0.387 e. The molecule has 0 radical (unpaired) electrons. The van der Waals surface area contributed by atoms with Gasteiger partial charge in [0.15, 0.2) is 6.61 Å². The number of rotatable bonds is 5. The number of hydrogen-bond donors (Lipinski definition) is 1. The standard InChI is InChI=1S/C20H18F2N2O5/c1-12-9-17(25)23-15-7-2-3-8-16(15)24(12)18(26)11-28-19(27)13-5-4-6-14(10-13)29-20(21)22/h2-8,10,12,20H,9,11H2,1H3,(H,23,25)/t12-/m0/s1. The van der Waals surface area contributed by atoms with E-state index in [1.165, 1.54) is 23.1 Å². The van der Waals surface area contributed by atoms with E-state index < -0.39 is 31.1 Å². The largest absolute Gasteiger partial charge is 0.452 e. The molecule has 0 aliphatic carbocycles. The lowest BCUT2D eigenvalue weighted by atomic mass is 10.1. The fraction of sp³-hybridized carbons (Fsp3) is 0.250. The molecule has 0 aromatic heterocycles. The van der Waals surface area contributed by atoms with Gasteiger partial charge in [-0.3, -0.25) is 9.59 Å². The molecule has 2 aromatic rings. The van der Waals surface area contributed by atoms with E-state index in [2.05, 4.69) is 10.1 Å². The van der Waals surface area contributed by atoms with Crippen molar-refractivity contribution in [3.63, 3.8) is 0 Å². The molecule has 1 heterocycles. The molecule has 0 saturated carbocycles. The molecule has 0 spiro atoms. The van der Waals surface area contributed by atoms with Crippen LogP contribution in [0.1, 0.15) is 23.7 Å². The maximum Gasteiger partial charge on any atom is 0.387 e. The number of alkyl halides is 2. The maximum absolute atomic E-state index is 12.8. The zero-order chi connectivity index (χ0) is 21.0. The van der Waals surface area contributed by atoms with Gasteiger partial charge in [0.2, 0.25) is 5.91 Å². The number of esters is 1. The van der Waals surface area contributed by atoms with E-state index in [9.17, 15) is 23.2 Å². The molecule has 29 heavy (non-hydrogen) atoms. The van der Waals surface area contributed by atoms with Crippen LogP contribution in [-0.4, -0.2) is 37.0 Å². The van der Waals surface area contributed by atoms with E-state index in [4.69, 9.17) is 4.74 Å². The predicted molar refractivity (Wildman–Crippen MR) is 100.0 cm³/mol. The number of carbonyl (C=O) groups is 3. The van der Waals surface area contributed by atoms with Crippen molar-refractivity contribution in [3.8, 4) is 5.75 Å². The summed E-state index contributed by atoms with van der Waals surface area (Å²) < 4.78 is 33.9. The van der Waals surface area contributed by atoms with E-state index >= 15 is 0 Å². The topological polar surface area (TPSA) is 84.9 Å². The number of halogens is 2. The molecule has 0 saturated heterocycles. The van der Waals surface area contributed by atoms with Crippen molar-refractivity contribution in [3.05, 3.63) is 54.1 Å². The Kier molecular flexibility index (Phi) is 6.06. The lowest BCUT2D eigenvalue weighted by Crippen LogP contribution is -2.41. The lowest BCUT2D eigenvalue weighted by Gasteiger charge is -2.27. The van der Waals surface area contributed by atoms with Gasteiger partial charge in [-0.2, -0.15) is 8.78 Å². The Labute approximate surface area is 165 Å². The average Bonchev–Trinajstić information content (AvgIpc) is 2.79. The van der Waals surface area contributed by atoms with Gasteiger partial charge in [0, 0.05) is 12.5 Å². The second-order valence-corrected chi connectivity index (χ2v) is 6.36. The van der Waals surface area contributed by atoms with Crippen molar-refractivity contribution < 1.29 is 32.6 Å². The van der Waals surface area contributed by atoms with E-state index in [0.717, 1.165) is 6.07 Å². The number of nitrogens with one attached hydrogen (secondary N) is 1. The minimum Gasteiger partial charge on any atom is -0.452 e. The fourth-order valence-electron chi connectivity index (χ4n) is 3.05. The van der Waals surface area contributed by atoms with Gasteiger partial charge < -0.3 is 19.7 Å². The van der Waals surface area contributed by atoms with Gasteiger partial charge in [0.05, 0.1) is 16.9 Å². The lowest BCUT2D eigenvalue weighted by molar-refractivity contribution is -0.122. The van der Waals surface area contributed by atoms with Gasteiger partial charge >= 0.3 is 12.6 Å². The van der Waals surface area contributed by atoms with Crippen molar-refractivity contribution in [2.24, 2.45) is 0 Å². The average molecular weight is 404 g/mol. The van der Waals surface area contributed by atoms with Gasteiger partial charge in [0.25, 0.3) is 5.91 Å². The molecule has 0 fully saturated rings. The Balaban J connectivity index is 1.72. The summed E-state index contributed by atoms with van der Waals surface area (Å²) in [7, 11) is 0. The third-order valence-electron chi connectivity index (χ3n) is 4.25. The van der Waals surface area contributed by atoms with Crippen molar-refractivity contribution in [1.82, 2.24) is 0 Å². The van der Waals surface area contributed by atoms with Crippen LogP contribution in [0.4, 0.5) is 20.2 Å². The van der Waals surface area contributed by atoms with Crippen molar-refractivity contribution in [2.75, 3.05) is 16.8 Å². The van der Waals surface area contributed by atoms with Crippen molar-refractivity contribution in [2.45, 2.75) is 26.0 Å². The predicted octanol–water partition coefficient (Wildman–Crippen LogP) is 3.21. The number of carbonyl (C=O) groups excluding carboxylic acids is 3. The first-order valence-electron chi connectivity index (χ1n) is 8.78. The molecule has 1 aliphatic heterocycles. The summed E-state index contributed by atoms with van der Waals surface area (Å²) in [5, 5.41) is 2.73. The summed E-state index contributed by atoms with van der Waals surface area (Å²) in [5.41, 5.74) is 0.953. The Morgan fingerprint density at radius 3 is 2.72 bits per heavy atom. The number of fused-ring (bicyclic) bond motifs is 1. The molecule has 2 amide bonds. The maximum atomic E-state index is 12.8. The van der Waals surface area contributed by atoms with Crippen LogP contribution in [0.2, 0.25) is 0 Å². The molecule has 1 atom stereocenters. The Morgan fingerprint density at radius 1 is 1.21 bits per heavy atom. The monoisotopic (exact) mass is 404 g/mol. The molecule has 3 rings (SSSR count). The molecule has 2 aromatic carbocycles. The molecular formula is C20H18F2N2O5. The van der Waals surface area contributed by atoms with Gasteiger partial charge in [0.1, 0.15) is 5.75 Å². The first-order chi connectivity index (χ1) is 13.8. The summed E-state index contributed by atoms with van der Waals surface area (Å²) in [4.78, 5) is 38.4. The van der Waals surface area contributed by atoms with E-state index in [1.54, 1.807) is 31.2 Å². The second kappa shape index (κ2) is 8.68. The summed E-state index contributed by atoms with van der Waals surface area (Å²) in [6, 6.07) is 11.5. The van der Waals surface area contributed by atoms with Gasteiger partial charge in [-0.15, -0.1) is 0 Å². The summed E-state index contributed by atoms with van der Waals surface area (Å²) >= 11 is 0. The Morgan fingerprint density at radius 2 is 1.97 bits per heavy atom. The van der Waals surface area contributed by atoms with Crippen LogP contribution in [0.15, 0.2) is 48.5 Å². The molecule has 0 unspecified atom stereocenters. The molecule has 1 aliphatic rings. The molecule has 1 N–H and O–H groups in total. The molecule has 152 valence electrons. The Hall–Kier alpha value is -3.49.